The molecule has 0 aliphatic heterocycles. The molecule has 1 aromatic heterocycles. The van der Waals surface area contributed by atoms with E-state index in [2.05, 4.69) is 15.3 Å². The third kappa shape index (κ3) is 4.06. The van der Waals surface area contributed by atoms with Gasteiger partial charge in [-0.25, -0.2) is 18.7 Å². The van der Waals surface area contributed by atoms with Crippen molar-refractivity contribution < 1.29 is 8.78 Å². The fraction of sp³-hybridized carbons (Fsp3) is 0.286. The van der Waals surface area contributed by atoms with Gasteiger partial charge in [0.1, 0.15) is 17.5 Å². The fourth-order valence-electron chi connectivity index (χ4n) is 1.77. The molecule has 100 valence electrons. The van der Waals surface area contributed by atoms with Crippen LogP contribution in [0.5, 0.6) is 0 Å². The molecule has 19 heavy (non-hydrogen) atoms. The predicted molar refractivity (Wildman–Crippen MR) is 68.6 cm³/mol. The Morgan fingerprint density at radius 3 is 2.58 bits per heavy atom. The van der Waals surface area contributed by atoms with Crippen LogP contribution in [-0.4, -0.2) is 16.5 Å². The zero-order valence-corrected chi connectivity index (χ0v) is 10.7. The van der Waals surface area contributed by atoms with Gasteiger partial charge >= 0.3 is 0 Å². The van der Waals surface area contributed by atoms with Crippen molar-refractivity contribution in [2.45, 2.75) is 19.9 Å². The summed E-state index contributed by atoms with van der Waals surface area (Å²) in [5.41, 5.74) is 1.39. The average molecular weight is 263 g/mol. The quantitative estimate of drug-likeness (QED) is 0.900. The van der Waals surface area contributed by atoms with Crippen molar-refractivity contribution in [1.29, 1.82) is 0 Å². The van der Waals surface area contributed by atoms with E-state index in [0.29, 0.717) is 24.4 Å². The summed E-state index contributed by atoms with van der Waals surface area (Å²) in [6.07, 6.45) is 1.97. The van der Waals surface area contributed by atoms with Gasteiger partial charge < -0.3 is 5.32 Å². The molecule has 0 saturated carbocycles. The predicted octanol–water partition coefficient (Wildman–Crippen LogP) is 2.46. The van der Waals surface area contributed by atoms with Gasteiger partial charge in [0, 0.05) is 25.2 Å². The van der Waals surface area contributed by atoms with Crippen LogP contribution < -0.4 is 5.32 Å². The minimum atomic E-state index is -0.584. The summed E-state index contributed by atoms with van der Waals surface area (Å²) < 4.78 is 26.2. The van der Waals surface area contributed by atoms with E-state index < -0.39 is 11.6 Å². The average Bonchev–Trinajstić information content (AvgIpc) is 2.35. The lowest BCUT2D eigenvalue weighted by Gasteiger charge is -2.05. The molecule has 0 saturated heterocycles. The first-order valence-electron chi connectivity index (χ1n) is 6.14. The highest BCUT2D eigenvalue weighted by atomic mass is 19.1. The Labute approximate surface area is 110 Å². The minimum absolute atomic E-state index is 0.314. The Kier molecular flexibility index (Phi) is 4.52. The van der Waals surface area contributed by atoms with E-state index in [1.54, 1.807) is 6.20 Å². The first kappa shape index (κ1) is 13.5. The molecule has 0 bridgehead atoms. The maximum absolute atomic E-state index is 13.1. The van der Waals surface area contributed by atoms with E-state index in [1.807, 2.05) is 13.0 Å². The number of halogens is 2. The van der Waals surface area contributed by atoms with Crippen LogP contribution in [0.25, 0.3) is 0 Å². The van der Waals surface area contributed by atoms with Gasteiger partial charge in [-0.05, 0) is 30.3 Å². The molecule has 0 amide bonds. The molecule has 1 heterocycles. The Hall–Kier alpha value is -1.88. The fourth-order valence-corrected chi connectivity index (χ4v) is 1.77. The molecule has 0 aliphatic rings. The Morgan fingerprint density at radius 1 is 1.16 bits per heavy atom. The highest BCUT2D eigenvalue weighted by Gasteiger charge is 2.05. The molecular formula is C14H15F2N3. The molecular weight excluding hydrogens is 248 g/mol. The Morgan fingerprint density at radius 2 is 1.89 bits per heavy atom. The molecule has 0 spiro atoms. The van der Waals surface area contributed by atoms with E-state index in [1.165, 1.54) is 12.1 Å². The van der Waals surface area contributed by atoms with Crippen LogP contribution >= 0.6 is 0 Å². The summed E-state index contributed by atoms with van der Waals surface area (Å²) in [6, 6.07) is 5.26. The van der Waals surface area contributed by atoms with E-state index in [-0.39, 0.29) is 0 Å². The van der Waals surface area contributed by atoms with Gasteiger partial charge in [-0.1, -0.05) is 6.92 Å². The molecule has 1 aromatic carbocycles. The SMILES string of the molecule is CCNCc1ccnc(Cc2cc(F)cc(F)c2)n1. The second kappa shape index (κ2) is 6.33. The summed E-state index contributed by atoms with van der Waals surface area (Å²) in [4.78, 5) is 8.46. The number of nitrogens with zero attached hydrogens (tertiary/aromatic N) is 2. The number of hydrogen-bond donors (Lipinski definition) is 1. The molecule has 0 fully saturated rings. The zero-order valence-electron chi connectivity index (χ0n) is 10.7. The van der Waals surface area contributed by atoms with Gasteiger partial charge in [0.2, 0.25) is 0 Å². The van der Waals surface area contributed by atoms with Gasteiger partial charge in [-0.3, -0.25) is 0 Å². The zero-order chi connectivity index (χ0) is 13.7. The van der Waals surface area contributed by atoms with Gasteiger partial charge in [-0.2, -0.15) is 0 Å². The number of hydrogen-bond acceptors (Lipinski definition) is 3. The largest absolute Gasteiger partial charge is 0.311 e. The van der Waals surface area contributed by atoms with Crippen LogP contribution in [0.4, 0.5) is 8.78 Å². The monoisotopic (exact) mass is 263 g/mol. The second-order valence-corrected chi connectivity index (χ2v) is 4.20. The van der Waals surface area contributed by atoms with Crippen LogP contribution in [0, 0.1) is 11.6 Å². The van der Waals surface area contributed by atoms with Gasteiger partial charge in [0.15, 0.2) is 0 Å². The third-order valence-electron chi connectivity index (χ3n) is 2.60. The number of rotatable bonds is 5. The smallest absolute Gasteiger partial charge is 0.132 e. The highest BCUT2D eigenvalue weighted by Crippen LogP contribution is 2.11. The topological polar surface area (TPSA) is 37.8 Å². The first-order valence-corrected chi connectivity index (χ1v) is 6.14. The molecule has 1 N–H and O–H groups in total. The minimum Gasteiger partial charge on any atom is -0.311 e. The summed E-state index contributed by atoms with van der Waals surface area (Å²) in [5.74, 6) is -0.613. The summed E-state index contributed by atoms with van der Waals surface area (Å²) in [5, 5.41) is 3.16. The lowest BCUT2D eigenvalue weighted by molar-refractivity contribution is 0.580. The molecule has 0 radical (unpaired) electrons. The van der Waals surface area contributed by atoms with Crippen molar-refractivity contribution in [3.63, 3.8) is 0 Å². The van der Waals surface area contributed by atoms with Crippen molar-refractivity contribution in [3.8, 4) is 0 Å². The number of nitrogens with one attached hydrogen (secondary N) is 1. The van der Waals surface area contributed by atoms with Crippen molar-refractivity contribution in [3.05, 3.63) is 59.2 Å². The van der Waals surface area contributed by atoms with Crippen molar-refractivity contribution in [2.24, 2.45) is 0 Å². The van der Waals surface area contributed by atoms with Gasteiger partial charge in [0.25, 0.3) is 0 Å². The first-order chi connectivity index (χ1) is 9.17. The number of aromatic nitrogens is 2. The van der Waals surface area contributed by atoms with E-state index in [4.69, 9.17) is 0 Å². The standard InChI is InChI=1S/C14H15F2N3/c1-2-17-9-13-3-4-18-14(19-13)7-10-5-11(15)8-12(16)6-10/h3-6,8,17H,2,7,9H2,1H3. The van der Waals surface area contributed by atoms with E-state index >= 15 is 0 Å². The normalized spacial score (nSPS) is 10.7. The Balaban J connectivity index is 2.13. The van der Waals surface area contributed by atoms with Gasteiger partial charge in [0.05, 0.1) is 5.69 Å². The summed E-state index contributed by atoms with van der Waals surface area (Å²) in [6.45, 7) is 3.52. The van der Waals surface area contributed by atoms with Crippen LogP contribution in [-0.2, 0) is 13.0 Å². The lowest BCUT2D eigenvalue weighted by Crippen LogP contribution is -2.13. The molecule has 0 atom stereocenters. The molecule has 2 aromatic rings. The number of benzene rings is 1. The molecule has 5 heteroatoms. The summed E-state index contributed by atoms with van der Waals surface area (Å²) in [7, 11) is 0. The maximum Gasteiger partial charge on any atom is 0.132 e. The van der Waals surface area contributed by atoms with E-state index in [9.17, 15) is 8.78 Å². The van der Waals surface area contributed by atoms with Crippen molar-refractivity contribution >= 4 is 0 Å². The van der Waals surface area contributed by atoms with Crippen LogP contribution in [0.1, 0.15) is 24.0 Å². The Bertz CT molecular complexity index is 538. The van der Waals surface area contributed by atoms with E-state index in [0.717, 1.165) is 18.3 Å². The van der Waals surface area contributed by atoms with Crippen LogP contribution in [0.2, 0.25) is 0 Å². The molecule has 0 aliphatic carbocycles. The van der Waals surface area contributed by atoms with Crippen molar-refractivity contribution in [2.75, 3.05) is 6.54 Å². The molecule has 0 unspecified atom stereocenters. The molecule has 2 rings (SSSR count). The third-order valence-corrected chi connectivity index (χ3v) is 2.60. The lowest BCUT2D eigenvalue weighted by atomic mass is 10.1. The second-order valence-electron chi connectivity index (χ2n) is 4.20. The molecule has 3 nitrogen and oxygen atoms in total. The van der Waals surface area contributed by atoms with Crippen LogP contribution in [0.15, 0.2) is 30.5 Å². The highest BCUT2D eigenvalue weighted by molar-refractivity contribution is 5.21. The maximum atomic E-state index is 13.1. The van der Waals surface area contributed by atoms with Crippen LogP contribution in [0.3, 0.4) is 0 Å². The summed E-state index contributed by atoms with van der Waals surface area (Å²) >= 11 is 0. The van der Waals surface area contributed by atoms with Gasteiger partial charge in [-0.15, -0.1) is 0 Å². The van der Waals surface area contributed by atoms with Crippen molar-refractivity contribution in [1.82, 2.24) is 15.3 Å².